The van der Waals surface area contributed by atoms with Gasteiger partial charge in [0.05, 0.1) is 6.26 Å². The van der Waals surface area contributed by atoms with Crippen LogP contribution >= 0.6 is 0 Å². The molecule has 0 amide bonds. The molecule has 0 aromatic carbocycles. The summed E-state index contributed by atoms with van der Waals surface area (Å²) in [6.45, 7) is 0. The summed E-state index contributed by atoms with van der Waals surface area (Å²) in [5.74, 6) is 3.27. The smallest absolute Gasteiger partial charge is 0.163 e. The molecule has 2 atom stereocenters. The van der Waals surface area contributed by atoms with E-state index in [0.29, 0.717) is 12.0 Å². The molecule has 120 valence electrons. The highest BCUT2D eigenvalue weighted by atomic mass is 16.3. The van der Waals surface area contributed by atoms with Crippen molar-refractivity contribution in [1.82, 2.24) is 15.0 Å². The zero-order chi connectivity index (χ0) is 15.9. The van der Waals surface area contributed by atoms with E-state index in [0.717, 1.165) is 48.6 Å². The van der Waals surface area contributed by atoms with Crippen molar-refractivity contribution in [3.63, 3.8) is 0 Å². The van der Waals surface area contributed by atoms with E-state index in [2.05, 4.69) is 16.4 Å². The second kappa shape index (κ2) is 5.44. The molecule has 1 saturated carbocycles. The third kappa shape index (κ3) is 2.37. The molecule has 1 N–H and O–H groups in total. The summed E-state index contributed by atoms with van der Waals surface area (Å²) in [5, 5.41) is 3.63. The molecule has 0 bridgehead atoms. The minimum absolute atomic E-state index is 0.400. The fourth-order valence-corrected chi connectivity index (χ4v) is 3.52. The number of hydrogen-bond acceptors (Lipinski definition) is 5. The molecule has 0 spiro atoms. The molecule has 0 radical (unpaired) electrons. The average Bonchev–Trinajstić information content (AvgIpc) is 3.05. The summed E-state index contributed by atoms with van der Waals surface area (Å²) in [7, 11) is 0. The van der Waals surface area contributed by atoms with Gasteiger partial charge in [0.15, 0.2) is 5.82 Å². The number of anilines is 1. The zero-order valence-corrected chi connectivity index (χ0v) is 13.3. The Labute approximate surface area is 140 Å². The Hall–Kier alpha value is -2.69. The van der Waals surface area contributed by atoms with Gasteiger partial charge in [-0.25, -0.2) is 9.97 Å². The van der Waals surface area contributed by atoms with Crippen molar-refractivity contribution in [3.05, 3.63) is 59.9 Å². The molecular weight excluding hydrogens is 300 g/mol. The van der Waals surface area contributed by atoms with Crippen molar-refractivity contribution < 1.29 is 4.42 Å². The number of aromatic nitrogens is 3. The van der Waals surface area contributed by atoms with E-state index in [1.165, 1.54) is 11.3 Å². The summed E-state index contributed by atoms with van der Waals surface area (Å²) in [4.78, 5) is 13.8. The monoisotopic (exact) mass is 318 g/mol. The molecule has 2 aliphatic rings. The Morgan fingerprint density at radius 1 is 1.12 bits per heavy atom. The van der Waals surface area contributed by atoms with Crippen molar-refractivity contribution in [1.29, 1.82) is 0 Å². The molecule has 2 aliphatic carbocycles. The van der Waals surface area contributed by atoms with Crippen LogP contribution in [0.25, 0.3) is 11.4 Å². The van der Waals surface area contributed by atoms with E-state index in [-0.39, 0.29) is 0 Å². The van der Waals surface area contributed by atoms with Gasteiger partial charge < -0.3 is 9.73 Å². The highest BCUT2D eigenvalue weighted by molar-refractivity contribution is 5.60. The van der Waals surface area contributed by atoms with E-state index in [9.17, 15) is 0 Å². The van der Waals surface area contributed by atoms with Crippen LogP contribution in [0.15, 0.2) is 47.3 Å². The predicted octanol–water partition coefficient (Wildman–Crippen LogP) is 3.59. The third-order valence-corrected chi connectivity index (χ3v) is 4.87. The Balaban J connectivity index is 1.46. The number of fused-ring (bicyclic) bond motifs is 1. The van der Waals surface area contributed by atoms with Crippen LogP contribution in [0, 0.1) is 0 Å². The van der Waals surface area contributed by atoms with E-state index in [1.54, 1.807) is 12.5 Å². The van der Waals surface area contributed by atoms with Gasteiger partial charge in [-0.2, -0.15) is 0 Å². The molecule has 24 heavy (non-hydrogen) atoms. The lowest BCUT2D eigenvalue weighted by Gasteiger charge is -2.12. The van der Waals surface area contributed by atoms with E-state index < -0.39 is 0 Å². The summed E-state index contributed by atoms with van der Waals surface area (Å²) >= 11 is 0. The van der Waals surface area contributed by atoms with Crippen LogP contribution in [0.5, 0.6) is 0 Å². The minimum Gasteiger partial charge on any atom is -0.469 e. The van der Waals surface area contributed by atoms with Crippen LogP contribution in [0.4, 0.5) is 5.82 Å². The highest BCUT2D eigenvalue weighted by Crippen LogP contribution is 2.43. The highest BCUT2D eigenvalue weighted by Gasteiger charge is 2.41. The van der Waals surface area contributed by atoms with Crippen LogP contribution in [-0.4, -0.2) is 21.0 Å². The fourth-order valence-electron chi connectivity index (χ4n) is 3.52. The van der Waals surface area contributed by atoms with Crippen LogP contribution in [0.1, 0.15) is 35.8 Å². The summed E-state index contributed by atoms with van der Waals surface area (Å²) in [6.07, 6.45) is 9.68. The van der Waals surface area contributed by atoms with Crippen LogP contribution < -0.4 is 5.32 Å². The maximum Gasteiger partial charge on any atom is 0.163 e. The lowest BCUT2D eigenvalue weighted by atomic mass is 10.2. The van der Waals surface area contributed by atoms with Crippen LogP contribution in [-0.2, 0) is 12.8 Å². The van der Waals surface area contributed by atoms with Gasteiger partial charge in [-0.1, -0.05) is 0 Å². The molecule has 0 aliphatic heterocycles. The molecule has 5 heteroatoms. The van der Waals surface area contributed by atoms with Gasteiger partial charge in [-0.05, 0) is 49.9 Å². The summed E-state index contributed by atoms with van der Waals surface area (Å²) in [5.41, 5.74) is 3.43. The summed E-state index contributed by atoms with van der Waals surface area (Å²) in [6, 6.07) is 8.34. The average molecular weight is 318 g/mol. The molecule has 3 aromatic heterocycles. The van der Waals surface area contributed by atoms with Gasteiger partial charge in [0, 0.05) is 41.2 Å². The van der Waals surface area contributed by atoms with Crippen LogP contribution in [0.3, 0.4) is 0 Å². The molecule has 0 unspecified atom stereocenters. The number of furan rings is 1. The largest absolute Gasteiger partial charge is 0.469 e. The Morgan fingerprint density at radius 2 is 2.12 bits per heavy atom. The van der Waals surface area contributed by atoms with Gasteiger partial charge in [-0.3, -0.25) is 4.98 Å². The van der Waals surface area contributed by atoms with Crippen molar-refractivity contribution >= 4 is 5.82 Å². The standard InChI is InChI=1S/C19H18N4O/c1-5-13-15(6-1)21-18(12-4-2-8-20-11-12)23-19(13)22-16-10-14(16)17-7-3-9-24-17/h2-4,7-9,11,14,16H,1,5-6,10H2,(H,21,22,23)/t14-,16-/m1/s1. The van der Waals surface area contributed by atoms with E-state index >= 15 is 0 Å². The molecule has 0 saturated heterocycles. The first-order valence-electron chi connectivity index (χ1n) is 8.48. The number of nitrogens with zero attached hydrogens (tertiary/aromatic N) is 3. The molecule has 1 fully saturated rings. The van der Waals surface area contributed by atoms with Crippen molar-refractivity contribution in [2.45, 2.75) is 37.6 Å². The van der Waals surface area contributed by atoms with Crippen LogP contribution in [0.2, 0.25) is 0 Å². The fraction of sp³-hybridized carbons (Fsp3) is 0.316. The number of nitrogens with one attached hydrogen (secondary N) is 1. The molecular formula is C19H18N4O. The quantitative estimate of drug-likeness (QED) is 0.796. The van der Waals surface area contributed by atoms with Crippen molar-refractivity contribution in [2.75, 3.05) is 5.32 Å². The normalized spacial score (nSPS) is 21.5. The van der Waals surface area contributed by atoms with Gasteiger partial charge in [0.1, 0.15) is 11.6 Å². The van der Waals surface area contributed by atoms with E-state index in [1.807, 2.05) is 24.4 Å². The first-order valence-corrected chi connectivity index (χ1v) is 8.48. The maximum absolute atomic E-state index is 5.53. The topological polar surface area (TPSA) is 63.8 Å². The molecule has 3 aromatic rings. The van der Waals surface area contributed by atoms with Gasteiger partial charge in [0.25, 0.3) is 0 Å². The van der Waals surface area contributed by atoms with Crippen molar-refractivity contribution in [2.24, 2.45) is 0 Å². The van der Waals surface area contributed by atoms with Gasteiger partial charge in [0.2, 0.25) is 0 Å². The number of pyridine rings is 1. The Bertz CT molecular complexity index is 861. The zero-order valence-electron chi connectivity index (χ0n) is 13.3. The molecule has 5 nitrogen and oxygen atoms in total. The summed E-state index contributed by atoms with van der Waals surface area (Å²) < 4.78 is 5.53. The lowest BCUT2D eigenvalue weighted by molar-refractivity contribution is 0.510. The molecule has 3 heterocycles. The van der Waals surface area contributed by atoms with E-state index in [4.69, 9.17) is 14.4 Å². The third-order valence-electron chi connectivity index (χ3n) is 4.87. The first-order chi connectivity index (χ1) is 11.9. The minimum atomic E-state index is 0.400. The number of aryl methyl sites for hydroxylation is 1. The van der Waals surface area contributed by atoms with Crippen molar-refractivity contribution in [3.8, 4) is 11.4 Å². The first kappa shape index (κ1) is 13.7. The maximum atomic E-state index is 5.53. The van der Waals surface area contributed by atoms with Gasteiger partial charge in [-0.15, -0.1) is 0 Å². The second-order valence-electron chi connectivity index (χ2n) is 6.52. The SMILES string of the molecule is c1cncc(-c2nc3c(c(N[C@@H]4C[C@H]4c4ccco4)n2)CCC3)c1. The molecule has 5 rings (SSSR count). The van der Waals surface area contributed by atoms with Gasteiger partial charge >= 0.3 is 0 Å². The number of hydrogen-bond donors (Lipinski definition) is 1. The number of rotatable bonds is 4. The Kier molecular flexibility index (Phi) is 3.11. The predicted molar refractivity (Wildman–Crippen MR) is 90.8 cm³/mol. The Morgan fingerprint density at radius 3 is 2.96 bits per heavy atom. The second-order valence-corrected chi connectivity index (χ2v) is 6.52. The lowest BCUT2D eigenvalue weighted by Crippen LogP contribution is -2.10.